The summed E-state index contributed by atoms with van der Waals surface area (Å²) in [6, 6.07) is 15.5. The summed E-state index contributed by atoms with van der Waals surface area (Å²) in [7, 11) is 0. The number of nitrogens with zero attached hydrogens (tertiary/aromatic N) is 1. The van der Waals surface area contributed by atoms with E-state index in [-0.39, 0.29) is 24.3 Å². The molecule has 0 fully saturated rings. The Morgan fingerprint density at radius 3 is 2.54 bits per heavy atom. The molecule has 0 saturated carbocycles. The lowest BCUT2D eigenvalue weighted by Crippen LogP contribution is -2.44. The molecule has 3 rings (SSSR count). The zero-order valence-corrected chi connectivity index (χ0v) is 16.8. The van der Waals surface area contributed by atoms with E-state index < -0.39 is 0 Å². The highest BCUT2D eigenvalue weighted by atomic mass is 35.5. The molecule has 0 bridgehead atoms. The molecule has 1 heterocycles. The van der Waals surface area contributed by atoms with Crippen LogP contribution in [0.2, 0.25) is 5.02 Å². The minimum atomic E-state index is -0.204. The molecule has 0 spiro atoms. The van der Waals surface area contributed by atoms with Crippen LogP contribution in [0.5, 0.6) is 0 Å². The largest absolute Gasteiger partial charge is 0.354 e. The van der Waals surface area contributed by atoms with Crippen molar-refractivity contribution in [3.63, 3.8) is 0 Å². The second kappa shape index (κ2) is 9.71. The molecule has 148 valence electrons. The molecule has 2 aromatic rings. The third-order valence-electron chi connectivity index (χ3n) is 5.12. The van der Waals surface area contributed by atoms with Crippen molar-refractivity contribution in [2.24, 2.45) is 0 Å². The van der Waals surface area contributed by atoms with Crippen LogP contribution in [0.1, 0.15) is 34.8 Å². The van der Waals surface area contributed by atoms with Crippen molar-refractivity contribution >= 4 is 23.4 Å². The number of fused-ring (bicyclic) bond motifs is 1. The third kappa shape index (κ3) is 5.57. The fourth-order valence-corrected chi connectivity index (χ4v) is 3.49. The fourth-order valence-electron chi connectivity index (χ4n) is 3.37. The van der Waals surface area contributed by atoms with E-state index in [1.165, 1.54) is 11.1 Å². The predicted molar refractivity (Wildman–Crippen MR) is 111 cm³/mol. The van der Waals surface area contributed by atoms with Gasteiger partial charge in [-0.2, -0.15) is 0 Å². The van der Waals surface area contributed by atoms with Crippen LogP contribution < -0.4 is 10.6 Å². The van der Waals surface area contributed by atoms with Crippen LogP contribution >= 0.6 is 11.6 Å². The van der Waals surface area contributed by atoms with Gasteiger partial charge in [-0.05, 0) is 48.7 Å². The lowest BCUT2D eigenvalue weighted by atomic mass is 9.99. The molecule has 2 amide bonds. The smallest absolute Gasteiger partial charge is 0.251 e. The van der Waals surface area contributed by atoms with Gasteiger partial charge in [0.15, 0.2) is 0 Å². The first-order valence-corrected chi connectivity index (χ1v) is 10.0. The molecule has 0 radical (unpaired) electrons. The Morgan fingerprint density at radius 2 is 1.79 bits per heavy atom. The number of hydrogen-bond donors (Lipinski definition) is 2. The Kier molecular flexibility index (Phi) is 7.06. The van der Waals surface area contributed by atoms with Crippen LogP contribution in [0, 0.1) is 0 Å². The molecule has 0 saturated heterocycles. The SMILES string of the molecule is C[C@H](CNC(=O)CCNC(=O)c1ccc(Cl)cc1)N1CCc2ccccc2C1. The van der Waals surface area contributed by atoms with E-state index in [0.29, 0.717) is 23.7 Å². The molecule has 6 heteroatoms. The van der Waals surface area contributed by atoms with Crippen LogP contribution in [-0.4, -0.2) is 42.4 Å². The number of nitrogens with one attached hydrogen (secondary N) is 2. The fraction of sp³-hybridized carbons (Fsp3) is 0.364. The monoisotopic (exact) mass is 399 g/mol. The van der Waals surface area contributed by atoms with Gasteiger partial charge in [0.25, 0.3) is 5.91 Å². The first kappa shape index (κ1) is 20.4. The Morgan fingerprint density at radius 1 is 1.07 bits per heavy atom. The van der Waals surface area contributed by atoms with E-state index in [2.05, 4.69) is 46.7 Å². The number of amides is 2. The number of hydrogen-bond acceptors (Lipinski definition) is 3. The molecular weight excluding hydrogens is 374 g/mol. The normalized spacial score (nSPS) is 14.8. The van der Waals surface area contributed by atoms with Gasteiger partial charge in [0.05, 0.1) is 0 Å². The molecule has 0 aromatic heterocycles. The van der Waals surface area contributed by atoms with Crippen molar-refractivity contribution in [1.29, 1.82) is 0 Å². The molecular formula is C22H26ClN3O2. The van der Waals surface area contributed by atoms with Gasteiger partial charge in [-0.15, -0.1) is 0 Å². The minimum absolute atomic E-state index is 0.0549. The molecule has 5 nitrogen and oxygen atoms in total. The molecule has 0 unspecified atom stereocenters. The van der Waals surface area contributed by atoms with E-state index in [1.807, 2.05) is 0 Å². The zero-order valence-electron chi connectivity index (χ0n) is 16.1. The van der Waals surface area contributed by atoms with Crippen LogP contribution in [0.25, 0.3) is 0 Å². The Labute approximate surface area is 171 Å². The summed E-state index contributed by atoms with van der Waals surface area (Å²) < 4.78 is 0. The molecule has 1 aliphatic heterocycles. The van der Waals surface area contributed by atoms with Crippen molar-refractivity contribution in [3.05, 3.63) is 70.2 Å². The summed E-state index contributed by atoms with van der Waals surface area (Å²) in [6.07, 6.45) is 1.31. The molecule has 1 aliphatic rings. The molecule has 2 aromatic carbocycles. The Bertz CT molecular complexity index is 823. The number of carbonyl (C=O) groups is 2. The lowest BCUT2D eigenvalue weighted by molar-refractivity contribution is -0.121. The highest BCUT2D eigenvalue weighted by molar-refractivity contribution is 6.30. The van der Waals surface area contributed by atoms with Crippen LogP contribution in [0.3, 0.4) is 0 Å². The van der Waals surface area contributed by atoms with Crippen molar-refractivity contribution in [2.45, 2.75) is 32.4 Å². The van der Waals surface area contributed by atoms with Crippen molar-refractivity contribution in [2.75, 3.05) is 19.6 Å². The standard InChI is InChI=1S/C22H26ClN3O2/c1-16(26-13-11-17-4-2-3-5-19(17)15-26)14-25-21(27)10-12-24-22(28)18-6-8-20(23)9-7-18/h2-9,16H,10-15H2,1H3,(H,24,28)(H,25,27)/t16-/m1/s1. The van der Waals surface area contributed by atoms with Crippen molar-refractivity contribution < 1.29 is 9.59 Å². The molecule has 2 N–H and O–H groups in total. The van der Waals surface area contributed by atoms with Gasteiger partial charge >= 0.3 is 0 Å². The summed E-state index contributed by atoms with van der Waals surface area (Å²) in [5.41, 5.74) is 3.33. The average Bonchev–Trinajstić information content (AvgIpc) is 2.72. The van der Waals surface area contributed by atoms with Crippen molar-refractivity contribution in [3.8, 4) is 0 Å². The van der Waals surface area contributed by atoms with Gasteiger partial charge in [-0.1, -0.05) is 35.9 Å². The quantitative estimate of drug-likeness (QED) is 0.752. The zero-order chi connectivity index (χ0) is 19.9. The van der Waals surface area contributed by atoms with Crippen LogP contribution in [-0.2, 0) is 17.8 Å². The van der Waals surface area contributed by atoms with Gasteiger partial charge in [-0.3, -0.25) is 14.5 Å². The summed E-state index contributed by atoms with van der Waals surface area (Å²) >= 11 is 5.82. The van der Waals surface area contributed by atoms with Gasteiger partial charge in [0, 0.05) is 49.2 Å². The number of carbonyl (C=O) groups excluding carboxylic acids is 2. The van der Waals surface area contributed by atoms with Crippen molar-refractivity contribution in [1.82, 2.24) is 15.5 Å². The second-order valence-corrected chi connectivity index (χ2v) is 7.59. The van der Waals surface area contributed by atoms with E-state index in [9.17, 15) is 9.59 Å². The van der Waals surface area contributed by atoms with E-state index >= 15 is 0 Å². The topological polar surface area (TPSA) is 61.4 Å². The predicted octanol–water partition coefficient (Wildman–Crippen LogP) is 3.02. The number of rotatable bonds is 7. The molecule has 28 heavy (non-hydrogen) atoms. The number of benzene rings is 2. The van der Waals surface area contributed by atoms with Crippen LogP contribution in [0.4, 0.5) is 0 Å². The first-order valence-electron chi connectivity index (χ1n) is 9.64. The van der Waals surface area contributed by atoms with E-state index in [0.717, 1.165) is 19.5 Å². The Hall–Kier alpha value is -2.37. The summed E-state index contributed by atoms with van der Waals surface area (Å²) in [4.78, 5) is 26.5. The highest BCUT2D eigenvalue weighted by Gasteiger charge is 2.20. The average molecular weight is 400 g/mol. The maximum atomic E-state index is 12.1. The highest BCUT2D eigenvalue weighted by Crippen LogP contribution is 2.19. The van der Waals surface area contributed by atoms with E-state index in [1.54, 1.807) is 24.3 Å². The maximum absolute atomic E-state index is 12.1. The third-order valence-corrected chi connectivity index (χ3v) is 5.37. The maximum Gasteiger partial charge on any atom is 0.251 e. The minimum Gasteiger partial charge on any atom is -0.354 e. The number of halogens is 1. The lowest BCUT2D eigenvalue weighted by Gasteiger charge is -2.33. The van der Waals surface area contributed by atoms with Gasteiger partial charge in [0.1, 0.15) is 0 Å². The van der Waals surface area contributed by atoms with Gasteiger partial charge in [0.2, 0.25) is 5.91 Å². The Balaban J connectivity index is 1.36. The molecule has 1 atom stereocenters. The van der Waals surface area contributed by atoms with Gasteiger partial charge in [-0.25, -0.2) is 0 Å². The summed E-state index contributed by atoms with van der Waals surface area (Å²) in [6.45, 7) is 4.97. The van der Waals surface area contributed by atoms with E-state index in [4.69, 9.17) is 11.6 Å². The van der Waals surface area contributed by atoms with Gasteiger partial charge < -0.3 is 10.6 Å². The van der Waals surface area contributed by atoms with Crippen LogP contribution in [0.15, 0.2) is 48.5 Å². The first-order chi connectivity index (χ1) is 13.5. The summed E-state index contributed by atoms with van der Waals surface area (Å²) in [5.74, 6) is -0.259. The molecule has 0 aliphatic carbocycles. The summed E-state index contributed by atoms with van der Waals surface area (Å²) in [5, 5.41) is 6.32. The second-order valence-electron chi connectivity index (χ2n) is 7.16.